The molecule has 16 heavy (non-hydrogen) atoms. The monoisotopic (exact) mass is 226 g/mol. The van der Waals surface area contributed by atoms with E-state index >= 15 is 0 Å². The molecule has 1 aliphatic rings. The minimum absolute atomic E-state index is 0.206. The summed E-state index contributed by atoms with van der Waals surface area (Å²) in [6.07, 6.45) is 3.08. The van der Waals surface area contributed by atoms with Crippen LogP contribution in [0.3, 0.4) is 0 Å². The van der Waals surface area contributed by atoms with Crippen molar-refractivity contribution in [3.8, 4) is 0 Å². The van der Waals surface area contributed by atoms with Gasteiger partial charge in [0, 0.05) is 12.5 Å². The van der Waals surface area contributed by atoms with Crippen LogP contribution in [-0.2, 0) is 4.79 Å². The minimum atomic E-state index is 0.206. The summed E-state index contributed by atoms with van der Waals surface area (Å²) in [7, 11) is 0. The topological polar surface area (TPSA) is 41.1 Å². The highest BCUT2D eigenvalue weighted by atomic mass is 16.1. The SMILES string of the molecule is CCC(CC)C(=O)NCC1CCNCC1C. The number of nitrogens with one attached hydrogen (secondary N) is 2. The van der Waals surface area contributed by atoms with E-state index in [1.165, 1.54) is 6.42 Å². The Bertz CT molecular complexity index is 214. The summed E-state index contributed by atoms with van der Waals surface area (Å²) >= 11 is 0. The van der Waals surface area contributed by atoms with Crippen LogP contribution in [0.5, 0.6) is 0 Å². The molecule has 2 N–H and O–H groups in total. The van der Waals surface area contributed by atoms with E-state index < -0.39 is 0 Å². The van der Waals surface area contributed by atoms with Gasteiger partial charge in [0.25, 0.3) is 0 Å². The van der Waals surface area contributed by atoms with Crippen molar-refractivity contribution in [2.75, 3.05) is 19.6 Å². The average molecular weight is 226 g/mol. The number of hydrogen-bond donors (Lipinski definition) is 2. The van der Waals surface area contributed by atoms with Gasteiger partial charge >= 0.3 is 0 Å². The lowest BCUT2D eigenvalue weighted by atomic mass is 9.87. The lowest BCUT2D eigenvalue weighted by molar-refractivity contribution is -0.125. The molecule has 3 nitrogen and oxygen atoms in total. The van der Waals surface area contributed by atoms with E-state index in [1.54, 1.807) is 0 Å². The van der Waals surface area contributed by atoms with E-state index in [9.17, 15) is 4.79 Å². The van der Waals surface area contributed by atoms with Gasteiger partial charge in [-0.3, -0.25) is 4.79 Å². The van der Waals surface area contributed by atoms with E-state index in [2.05, 4.69) is 31.4 Å². The molecule has 0 aromatic heterocycles. The first-order valence-corrected chi connectivity index (χ1v) is 6.67. The Kier molecular flexibility index (Phi) is 5.81. The number of hydrogen-bond acceptors (Lipinski definition) is 2. The summed E-state index contributed by atoms with van der Waals surface area (Å²) in [5, 5.41) is 6.50. The van der Waals surface area contributed by atoms with Crippen LogP contribution in [0.25, 0.3) is 0 Å². The van der Waals surface area contributed by atoms with Crippen LogP contribution in [-0.4, -0.2) is 25.5 Å². The first-order valence-electron chi connectivity index (χ1n) is 6.67. The molecule has 2 atom stereocenters. The minimum Gasteiger partial charge on any atom is -0.356 e. The lowest BCUT2D eigenvalue weighted by Crippen LogP contribution is -2.42. The van der Waals surface area contributed by atoms with Crippen molar-refractivity contribution in [2.45, 2.75) is 40.0 Å². The van der Waals surface area contributed by atoms with Gasteiger partial charge in [-0.25, -0.2) is 0 Å². The van der Waals surface area contributed by atoms with Crippen LogP contribution in [0.15, 0.2) is 0 Å². The second kappa shape index (κ2) is 6.89. The molecule has 94 valence electrons. The summed E-state index contributed by atoms with van der Waals surface area (Å²) in [6.45, 7) is 9.47. The van der Waals surface area contributed by atoms with Crippen LogP contribution in [0.2, 0.25) is 0 Å². The molecule has 0 spiro atoms. The van der Waals surface area contributed by atoms with Crippen LogP contribution in [0.4, 0.5) is 0 Å². The Labute approximate surface area is 99.4 Å². The molecular formula is C13H26N2O. The lowest BCUT2D eigenvalue weighted by Gasteiger charge is -2.30. The number of piperidine rings is 1. The molecular weight excluding hydrogens is 200 g/mol. The number of carbonyl (C=O) groups is 1. The highest BCUT2D eigenvalue weighted by molar-refractivity contribution is 5.78. The first-order chi connectivity index (χ1) is 7.69. The molecule has 0 aromatic rings. The number of carbonyl (C=O) groups excluding carboxylic acids is 1. The average Bonchev–Trinajstić information content (AvgIpc) is 2.29. The van der Waals surface area contributed by atoms with Crippen molar-refractivity contribution in [1.29, 1.82) is 0 Å². The van der Waals surface area contributed by atoms with E-state index in [-0.39, 0.29) is 11.8 Å². The predicted molar refractivity (Wildman–Crippen MR) is 67.2 cm³/mol. The fraction of sp³-hybridized carbons (Fsp3) is 0.923. The normalized spacial score (nSPS) is 25.8. The number of rotatable bonds is 5. The van der Waals surface area contributed by atoms with Crippen molar-refractivity contribution in [1.82, 2.24) is 10.6 Å². The van der Waals surface area contributed by atoms with E-state index in [1.807, 2.05) is 0 Å². The molecule has 1 saturated heterocycles. The van der Waals surface area contributed by atoms with Gasteiger partial charge in [0.1, 0.15) is 0 Å². The van der Waals surface area contributed by atoms with Crippen molar-refractivity contribution < 1.29 is 4.79 Å². The zero-order valence-electron chi connectivity index (χ0n) is 10.9. The second-order valence-electron chi connectivity index (χ2n) is 4.99. The summed E-state index contributed by atoms with van der Waals surface area (Å²) in [5.41, 5.74) is 0. The van der Waals surface area contributed by atoms with Crippen LogP contribution in [0, 0.1) is 17.8 Å². The molecule has 1 rings (SSSR count). The molecule has 0 saturated carbocycles. The molecule has 1 fully saturated rings. The zero-order chi connectivity index (χ0) is 12.0. The van der Waals surface area contributed by atoms with Crippen LogP contribution >= 0.6 is 0 Å². The van der Waals surface area contributed by atoms with E-state index in [0.29, 0.717) is 11.8 Å². The van der Waals surface area contributed by atoms with Gasteiger partial charge in [-0.05, 0) is 44.2 Å². The number of amides is 1. The molecule has 1 heterocycles. The fourth-order valence-electron chi connectivity index (χ4n) is 2.41. The van der Waals surface area contributed by atoms with Crippen molar-refractivity contribution in [2.24, 2.45) is 17.8 Å². The third-order valence-electron chi connectivity index (χ3n) is 3.86. The Hall–Kier alpha value is -0.570. The Balaban J connectivity index is 2.29. The van der Waals surface area contributed by atoms with Gasteiger partial charge in [-0.15, -0.1) is 0 Å². The van der Waals surface area contributed by atoms with Gasteiger partial charge in [-0.1, -0.05) is 20.8 Å². The Morgan fingerprint density at radius 1 is 1.44 bits per heavy atom. The van der Waals surface area contributed by atoms with Crippen molar-refractivity contribution >= 4 is 5.91 Å². The Morgan fingerprint density at radius 3 is 2.69 bits per heavy atom. The molecule has 1 amide bonds. The molecule has 1 aliphatic heterocycles. The predicted octanol–water partition coefficient (Wildman–Crippen LogP) is 1.78. The van der Waals surface area contributed by atoms with Crippen LogP contribution < -0.4 is 10.6 Å². The van der Waals surface area contributed by atoms with Gasteiger partial charge in [-0.2, -0.15) is 0 Å². The maximum atomic E-state index is 11.8. The molecule has 3 heteroatoms. The van der Waals surface area contributed by atoms with Gasteiger partial charge in [0.2, 0.25) is 5.91 Å². The van der Waals surface area contributed by atoms with Gasteiger partial charge < -0.3 is 10.6 Å². The quantitative estimate of drug-likeness (QED) is 0.750. The van der Waals surface area contributed by atoms with Gasteiger partial charge in [0.05, 0.1) is 0 Å². The second-order valence-corrected chi connectivity index (χ2v) is 4.99. The van der Waals surface area contributed by atoms with E-state index in [0.717, 1.165) is 32.5 Å². The highest BCUT2D eigenvalue weighted by Crippen LogP contribution is 2.17. The molecule has 0 aliphatic carbocycles. The third kappa shape index (κ3) is 3.78. The fourth-order valence-corrected chi connectivity index (χ4v) is 2.41. The summed E-state index contributed by atoms with van der Waals surface area (Å²) in [4.78, 5) is 11.8. The molecule has 0 bridgehead atoms. The molecule has 0 aromatic carbocycles. The van der Waals surface area contributed by atoms with Crippen molar-refractivity contribution in [3.63, 3.8) is 0 Å². The van der Waals surface area contributed by atoms with Gasteiger partial charge in [0.15, 0.2) is 0 Å². The smallest absolute Gasteiger partial charge is 0.223 e. The first kappa shape index (κ1) is 13.5. The molecule has 0 radical (unpaired) electrons. The van der Waals surface area contributed by atoms with E-state index in [4.69, 9.17) is 0 Å². The zero-order valence-corrected chi connectivity index (χ0v) is 10.9. The summed E-state index contributed by atoms with van der Waals surface area (Å²) < 4.78 is 0. The maximum Gasteiger partial charge on any atom is 0.223 e. The summed E-state index contributed by atoms with van der Waals surface area (Å²) in [6, 6.07) is 0. The largest absolute Gasteiger partial charge is 0.356 e. The van der Waals surface area contributed by atoms with Crippen molar-refractivity contribution in [3.05, 3.63) is 0 Å². The maximum absolute atomic E-state index is 11.8. The standard InChI is InChI=1S/C13H26N2O/c1-4-11(5-2)13(16)15-9-12-6-7-14-8-10(12)3/h10-12,14H,4-9H2,1-3H3,(H,15,16). The van der Waals surface area contributed by atoms with Crippen LogP contribution in [0.1, 0.15) is 40.0 Å². The highest BCUT2D eigenvalue weighted by Gasteiger charge is 2.22. The Morgan fingerprint density at radius 2 is 2.12 bits per heavy atom. The molecule has 2 unspecified atom stereocenters. The summed E-state index contributed by atoms with van der Waals surface area (Å²) in [5.74, 6) is 1.78. The third-order valence-corrected chi connectivity index (χ3v) is 3.86.